The molecule has 0 radical (unpaired) electrons. The second kappa shape index (κ2) is 6.61. The molecule has 19 heavy (non-hydrogen) atoms. The number of carbonyl (C=O) groups is 1. The predicted molar refractivity (Wildman–Crippen MR) is 72.4 cm³/mol. The van der Waals surface area contributed by atoms with Gasteiger partial charge in [0.15, 0.2) is 0 Å². The molecule has 0 unspecified atom stereocenters. The lowest BCUT2D eigenvalue weighted by Crippen LogP contribution is -2.23. The van der Waals surface area contributed by atoms with Crippen LogP contribution in [0.2, 0.25) is 0 Å². The fourth-order valence-electron chi connectivity index (χ4n) is 1.69. The maximum Gasteiger partial charge on any atom is 0.251 e. The van der Waals surface area contributed by atoms with Crippen molar-refractivity contribution >= 4 is 5.91 Å². The number of carbonyl (C=O) groups excluding carboxylic acids is 1. The highest BCUT2D eigenvalue weighted by Crippen LogP contribution is 2.05. The van der Waals surface area contributed by atoms with Crippen LogP contribution in [0.4, 0.5) is 0 Å². The van der Waals surface area contributed by atoms with Crippen molar-refractivity contribution in [1.29, 1.82) is 0 Å². The van der Waals surface area contributed by atoms with E-state index in [1.807, 2.05) is 18.2 Å². The molecule has 0 aliphatic heterocycles. The lowest BCUT2D eigenvalue weighted by Gasteiger charge is -2.05. The molecule has 5 heteroatoms. The summed E-state index contributed by atoms with van der Waals surface area (Å²) >= 11 is 0. The summed E-state index contributed by atoms with van der Waals surface area (Å²) in [5.74, 6) is -0.120. The van der Waals surface area contributed by atoms with Crippen LogP contribution < -0.4 is 11.1 Å². The van der Waals surface area contributed by atoms with Crippen LogP contribution >= 0.6 is 0 Å². The third-order valence-corrected chi connectivity index (χ3v) is 2.71. The zero-order chi connectivity index (χ0) is 13.5. The third-order valence-electron chi connectivity index (χ3n) is 2.71. The van der Waals surface area contributed by atoms with Crippen molar-refractivity contribution in [3.8, 4) is 0 Å². The number of benzene rings is 1. The number of nitrogens with two attached hydrogens (primary N) is 1. The van der Waals surface area contributed by atoms with Crippen LogP contribution in [0.25, 0.3) is 0 Å². The first-order valence-corrected chi connectivity index (χ1v) is 6.13. The molecule has 0 fully saturated rings. The summed E-state index contributed by atoms with van der Waals surface area (Å²) in [6.07, 6.45) is 2.42. The van der Waals surface area contributed by atoms with Gasteiger partial charge >= 0.3 is 0 Å². The molecule has 0 aliphatic rings. The lowest BCUT2D eigenvalue weighted by atomic mass is 10.1. The van der Waals surface area contributed by atoms with E-state index >= 15 is 0 Å². The van der Waals surface area contributed by atoms with Crippen molar-refractivity contribution in [1.82, 2.24) is 15.5 Å². The Kier molecular flexibility index (Phi) is 4.58. The molecule has 3 N–H and O–H groups in total. The summed E-state index contributed by atoms with van der Waals surface area (Å²) in [6.45, 7) is 0.982. The lowest BCUT2D eigenvalue weighted by molar-refractivity contribution is 0.0950. The van der Waals surface area contributed by atoms with E-state index in [0.29, 0.717) is 18.7 Å². The molecule has 0 atom stereocenters. The SMILES string of the molecule is NCCc1ccc(C(=O)NCc2cccnn2)cc1. The van der Waals surface area contributed by atoms with E-state index in [1.165, 1.54) is 0 Å². The van der Waals surface area contributed by atoms with Crippen LogP contribution in [0.3, 0.4) is 0 Å². The number of amides is 1. The highest BCUT2D eigenvalue weighted by molar-refractivity contribution is 5.94. The highest BCUT2D eigenvalue weighted by Gasteiger charge is 2.05. The number of nitrogens with one attached hydrogen (secondary N) is 1. The molecule has 1 amide bonds. The zero-order valence-corrected chi connectivity index (χ0v) is 10.5. The Balaban J connectivity index is 1.92. The molecular formula is C14H16N4O. The Hall–Kier alpha value is -2.27. The van der Waals surface area contributed by atoms with E-state index in [2.05, 4.69) is 15.5 Å². The topological polar surface area (TPSA) is 80.9 Å². The molecule has 1 aromatic carbocycles. The normalized spacial score (nSPS) is 10.2. The van der Waals surface area contributed by atoms with Gasteiger partial charge in [-0.15, -0.1) is 0 Å². The van der Waals surface area contributed by atoms with Gasteiger partial charge in [-0.1, -0.05) is 12.1 Å². The van der Waals surface area contributed by atoms with Crippen LogP contribution in [0, 0.1) is 0 Å². The van der Waals surface area contributed by atoms with Crippen LogP contribution in [0.5, 0.6) is 0 Å². The average molecular weight is 256 g/mol. The van der Waals surface area contributed by atoms with Gasteiger partial charge in [0.05, 0.1) is 12.2 Å². The average Bonchev–Trinajstić information content (AvgIpc) is 2.47. The van der Waals surface area contributed by atoms with E-state index in [-0.39, 0.29) is 5.91 Å². The minimum absolute atomic E-state index is 0.120. The Morgan fingerprint density at radius 2 is 2.00 bits per heavy atom. The molecule has 0 spiro atoms. The molecule has 2 rings (SSSR count). The van der Waals surface area contributed by atoms with Gasteiger partial charge in [-0.25, -0.2) is 0 Å². The third kappa shape index (κ3) is 3.86. The van der Waals surface area contributed by atoms with Gasteiger partial charge in [-0.3, -0.25) is 4.79 Å². The predicted octanol–water partition coefficient (Wildman–Crippen LogP) is 0.908. The summed E-state index contributed by atoms with van der Waals surface area (Å²) < 4.78 is 0. The van der Waals surface area contributed by atoms with Gasteiger partial charge in [0.1, 0.15) is 0 Å². The Morgan fingerprint density at radius 1 is 1.21 bits per heavy atom. The van der Waals surface area contributed by atoms with Crippen molar-refractivity contribution in [2.75, 3.05) is 6.54 Å². The smallest absolute Gasteiger partial charge is 0.251 e. The number of rotatable bonds is 5. The van der Waals surface area contributed by atoms with Gasteiger partial charge in [0, 0.05) is 11.8 Å². The van der Waals surface area contributed by atoms with E-state index < -0.39 is 0 Å². The van der Waals surface area contributed by atoms with Crippen molar-refractivity contribution in [3.05, 3.63) is 59.4 Å². The van der Waals surface area contributed by atoms with Crippen LogP contribution in [-0.2, 0) is 13.0 Å². The molecule has 0 aliphatic carbocycles. The maximum absolute atomic E-state index is 11.9. The van der Waals surface area contributed by atoms with Crippen molar-refractivity contribution in [3.63, 3.8) is 0 Å². The van der Waals surface area contributed by atoms with Gasteiger partial charge in [-0.2, -0.15) is 10.2 Å². The molecule has 5 nitrogen and oxygen atoms in total. The Bertz CT molecular complexity index is 525. The van der Waals surface area contributed by atoms with Crippen molar-refractivity contribution in [2.24, 2.45) is 5.73 Å². The van der Waals surface area contributed by atoms with E-state index in [0.717, 1.165) is 17.7 Å². The van der Waals surface area contributed by atoms with E-state index in [9.17, 15) is 4.79 Å². The Morgan fingerprint density at radius 3 is 2.63 bits per heavy atom. The fraction of sp³-hybridized carbons (Fsp3) is 0.214. The summed E-state index contributed by atoms with van der Waals surface area (Å²) in [4.78, 5) is 11.9. The van der Waals surface area contributed by atoms with Crippen molar-refractivity contribution in [2.45, 2.75) is 13.0 Å². The molecule has 1 aromatic heterocycles. The first-order chi connectivity index (χ1) is 9.29. The van der Waals surface area contributed by atoms with Gasteiger partial charge in [-0.05, 0) is 42.8 Å². The standard InChI is InChI=1S/C14H16N4O/c15-8-7-11-3-5-12(6-4-11)14(19)16-10-13-2-1-9-17-18-13/h1-6,9H,7-8,10,15H2,(H,16,19). The molecule has 0 saturated carbocycles. The van der Waals surface area contributed by atoms with Gasteiger partial charge < -0.3 is 11.1 Å². The van der Waals surface area contributed by atoms with Crippen molar-refractivity contribution < 1.29 is 4.79 Å². The molecular weight excluding hydrogens is 240 g/mol. The molecule has 2 aromatic rings. The number of nitrogens with zero attached hydrogens (tertiary/aromatic N) is 2. The molecule has 0 bridgehead atoms. The van der Waals surface area contributed by atoms with E-state index in [1.54, 1.807) is 24.4 Å². The number of hydrogen-bond donors (Lipinski definition) is 2. The van der Waals surface area contributed by atoms with Gasteiger partial charge in [0.2, 0.25) is 0 Å². The minimum atomic E-state index is -0.120. The first-order valence-electron chi connectivity index (χ1n) is 6.13. The largest absolute Gasteiger partial charge is 0.346 e. The van der Waals surface area contributed by atoms with Crippen LogP contribution in [0.1, 0.15) is 21.6 Å². The zero-order valence-electron chi connectivity index (χ0n) is 10.5. The fourth-order valence-corrected chi connectivity index (χ4v) is 1.69. The van der Waals surface area contributed by atoms with Crippen LogP contribution in [-0.4, -0.2) is 22.6 Å². The second-order valence-corrected chi connectivity index (χ2v) is 4.13. The minimum Gasteiger partial charge on any atom is -0.346 e. The first kappa shape index (κ1) is 13.2. The summed E-state index contributed by atoms with van der Waals surface area (Å²) in [7, 11) is 0. The van der Waals surface area contributed by atoms with Gasteiger partial charge in [0.25, 0.3) is 5.91 Å². The monoisotopic (exact) mass is 256 g/mol. The number of hydrogen-bond acceptors (Lipinski definition) is 4. The molecule has 1 heterocycles. The summed E-state index contributed by atoms with van der Waals surface area (Å²) in [5, 5.41) is 10.5. The van der Waals surface area contributed by atoms with Crippen LogP contribution in [0.15, 0.2) is 42.6 Å². The maximum atomic E-state index is 11.9. The highest BCUT2D eigenvalue weighted by atomic mass is 16.1. The Labute approximate surface area is 111 Å². The number of aromatic nitrogens is 2. The summed E-state index contributed by atoms with van der Waals surface area (Å²) in [6, 6.07) is 11.1. The molecule has 98 valence electrons. The molecule has 0 saturated heterocycles. The van der Waals surface area contributed by atoms with E-state index in [4.69, 9.17) is 5.73 Å². The summed E-state index contributed by atoms with van der Waals surface area (Å²) in [5.41, 5.74) is 7.97. The second-order valence-electron chi connectivity index (χ2n) is 4.13. The quantitative estimate of drug-likeness (QED) is 0.833.